The summed E-state index contributed by atoms with van der Waals surface area (Å²) in [4.78, 5) is 12.6. The zero-order chi connectivity index (χ0) is 15.8. The highest BCUT2D eigenvalue weighted by atomic mass is 16.5. The minimum absolute atomic E-state index is 0.0241. The van der Waals surface area contributed by atoms with Crippen LogP contribution in [-0.2, 0) is 12.8 Å². The summed E-state index contributed by atoms with van der Waals surface area (Å²) in [6.45, 7) is 2.11. The van der Waals surface area contributed by atoms with Crippen LogP contribution >= 0.6 is 0 Å². The zero-order valence-corrected chi connectivity index (χ0v) is 13.5. The van der Waals surface area contributed by atoms with E-state index in [2.05, 4.69) is 37.3 Å². The van der Waals surface area contributed by atoms with Crippen molar-refractivity contribution in [1.82, 2.24) is 0 Å². The molecule has 0 bridgehead atoms. The molecule has 2 aliphatic rings. The van der Waals surface area contributed by atoms with Crippen molar-refractivity contribution in [2.24, 2.45) is 0 Å². The Morgan fingerprint density at radius 1 is 1.17 bits per heavy atom. The maximum atomic E-state index is 12.6. The Morgan fingerprint density at radius 2 is 2.04 bits per heavy atom. The summed E-state index contributed by atoms with van der Waals surface area (Å²) in [6, 6.07) is 14.7. The Hall–Kier alpha value is -2.09. The molecule has 23 heavy (non-hydrogen) atoms. The molecule has 0 radical (unpaired) electrons. The first-order valence-corrected chi connectivity index (χ1v) is 8.67. The average molecular weight is 306 g/mol. The van der Waals surface area contributed by atoms with Gasteiger partial charge in [0.15, 0.2) is 5.78 Å². The summed E-state index contributed by atoms with van der Waals surface area (Å²) < 4.78 is 6.28. The first-order valence-electron chi connectivity index (χ1n) is 8.67. The maximum absolute atomic E-state index is 12.6. The second-order valence-corrected chi connectivity index (χ2v) is 6.67. The van der Waals surface area contributed by atoms with Crippen LogP contribution in [0.15, 0.2) is 42.5 Å². The molecule has 1 heterocycles. The molecule has 0 saturated carbocycles. The van der Waals surface area contributed by atoms with Crippen LogP contribution in [0, 0.1) is 0 Å². The van der Waals surface area contributed by atoms with E-state index in [-0.39, 0.29) is 11.9 Å². The van der Waals surface area contributed by atoms with Crippen molar-refractivity contribution in [2.45, 2.75) is 51.0 Å². The number of rotatable bonds is 2. The van der Waals surface area contributed by atoms with Gasteiger partial charge in [0.25, 0.3) is 0 Å². The van der Waals surface area contributed by atoms with Crippen LogP contribution in [0.4, 0.5) is 0 Å². The van der Waals surface area contributed by atoms with Crippen molar-refractivity contribution in [3.63, 3.8) is 0 Å². The van der Waals surface area contributed by atoms with Crippen LogP contribution in [0.25, 0.3) is 0 Å². The normalized spacial score (nSPS) is 22.9. The molecular weight excluding hydrogens is 284 g/mol. The molecule has 1 aliphatic heterocycles. The largest absolute Gasteiger partial charge is 0.489 e. The quantitative estimate of drug-likeness (QED) is 0.803. The van der Waals surface area contributed by atoms with E-state index in [0.717, 1.165) is 30.6 Å². The Morgan fingerprint density at radius 3 is 2.91 bits per heavy atom. The maximum Gasteiger partial charge on any atom is 0.170 e. The Kier molecular flexibility index (Phi) is 3.68. The molecular formula is C21H22O2. The van der Waals surface area contributed by atoms with E-state index < -0.39 is 0 Å². The number of Topliss-reactive ketones (excluding diaryl/α,β-unsaturated/α-hetero) is 1. The van der Waals surface area contributed by atoms with Gasteiger partial charge in [-0.2, -0.15) is 0 Å². The second kappa shape index (κ2) is 5.84. The van der Waals surface area contributed by atoms with Gasteiger partial charge in [0.05, 0.1) is 5.56 Å². The molecule has 0 N–H and O–H groups in total. The van der Waals surface area contributed by atoms with Gasteiger partial charge in [-0.05, 0) is 54.5 Å². The van der Waals surface area contributed by atoms with Crippen molar-refractivity contribution in [3.05, 3.63) is 64.7 Å². The van der Waals surface area contributed by atoms with Crippen molar-refractivity contribution in [3.8, 4) is 5.75 Å². The molecule has 0 spiro atoms. The third-order valence-corrected chi connectivity index (χ3v) is 5.28. The smallest absolute Gasteiger partial charge is 0.170 e. The van der Waals surface area contributed by atoms with Crippen LogP contribution in [0.1, 0.15) is 59.2 Å². The summed E-state index contributed by atoms with van der Waals surface area (Å²) >= 11 is 0. The third-order valence-electron chi connectivity index (χ3n) is 5.28. The topological polar surface area (TPSA) is 26.3 Å². The van der Waals surface area contributed by atoms with Crippen LogP contribution in [0.3, 0.4) is 0 Å². The van der Waals surface area contributed by atoms with Gasteiger partial charge in [0, 0.05) is 12.3 Å². The number of hydrogen-bond donors (Lipinski definition) is 0. The summed E-state index contributed by atoms with van der Waals surface area (Å²) in [6.07, 6.45) is 4.85. The first-order chi connectivity index (χ1) is 11.3. The minimum Gasteiger partial charge on any atom is -0.489 e. The lowest BCUT2D eigenvalue weighted by Crippen LogP contribution is -2.34. The molecule has 0 aromatic heterocycles. The van der Waals surface area contributed by atoms with Gasteiger partial charge in [-0.15, -0.1) is 0 Å². The predicted octanol–water partition coefficient (Wildman–Crippen LogP) is 4.70. The second-order valence-electron chi connectivity index (χ2n) is 6.67. The number of fused-ring (bicyclic) bond motifs is 2. The van der Waals surface area contributed by atoms with E-state index in [9.17, 15) is 4.79 Å². The van der Waals surface area contributed by atoms with Crippen LogP contribution < -0.4 is 4.74 Å². The third kappa shape index (κ3) is 2.56. The van der Waals surface area contributed by atoms with Crippen molar-refractivity contribution in [1.29, 1.82) is 0 Å². The molecule has 1 aliphatic carbocycles. The number of carbonyl (C=O) groups is 1. The molecule has 4 rings (SSSR count). The molecule has 0 saturated heterocycles. The van der Waals surface area contributed by atoms with Crippen LogP contribution in [0.2, 0.25) is 0 Å². The van der Waals surface area contributed by atoms with Gasteiger partial charge >= 0.3 is 0 Å². The highest BCUT2D eigenvalue weighted by Crippen LogP contribution is 2.40. The summed E-state index contributed by atoms with van der Waals surface area (Å²) in [7, 11) is 0. The molecule has 2 unspecified atom stereocenters. The van der Waals surface area contributed by atoms with Gasteiger partial charge in [0.1, 0.15) is 11.9 Å². The number of hydrogen-bond acceptors (Lipinski definition) is 2. The van der Waals surface area contributed by atoms with E-state index in [4.69, 9.17) is 4.74 Å². The fourth-order valence-corrected chi connectivity index (χ4v) is 4.02. The lowest BCUT2D eigenvalue weighted by atomic mass is 9.77. The predicted molar refractivity (Wildman–Crippen MR) is 91.3 cm³/mol. The van der Waals surface area contributed by atoms with E-state index in [1.165, 1.54) is 23.1 Å². The standard InChI is InChI=1S/C21H22O2/c1-2-14-10-11-20-18(12-14)19(22)13-21(23-20)17-9-5-7-15-6-3-4-8-16(15)17/h3-4,6,8,10-12,17,21H,2,5,7,9,13H2,1H3. The molecule has 2 nitrogen and oxygen atoms in total. The van der Waals surface area contributed by atoms with E-state index in [1.54, 1.807) is 0 Å². The molecule has 0 amide bonds. The van der Waals surface area contributed by atoms with Gasteiger partial charge < -0.3 is 4.74 Å². The van der Waals surface area contributed by atoms with Gasteiger partial charge in [0.2, 0.25) is 0 Å². The SMILES string of the molecule is CCc1ccc2c(c1)C(=O)CC(C1CCCc3ccccc31)O2. The number of ketones is 1. The fraction of sp³-hybridized carbons (Fsp3) is 0.381. The molecule has 2 aromatic rings. The van der Waals surface area contributed by atoms with Crippen LogP contribution in [-0.4, -0.2) is 11.9 Å². The number of benzene rings is 2. The monoisotopic (exact) mass is 306 g/mol. The summed E-state index contributed by atoms with van der Waals surface area (Å²) in [5, 5.41) is 0. The van der Waals surface area contributed by atoms with Gasteiger partial charge in [-0.25, -0.2) is 0 Å². The average Bonchev–Trinajstić information content (AvgIpc) is 2.61. The highest BCUT2D eigenvalue weighted by molar-refractivity contribution is 6.00. The minimum atomic E-state index is -0.0241. The van der Waals surface area contributed by atoms with Crippen LogP contribution in [0.5, 0.6) is 5.75 Å². The Balaban J connectivity index is 1.66. The van der Waals surface area contributed by atoms with E-state index >= 15 is 0 Å². The number of carbonyl (C=O) groups excluding carboxylic acids is 1. The van der Waals surface area contributed by atoms with Crippen molar-refractivity contribution < 1.29 is 9.53 Å². The first kappa shape index (κ1) is 14.5. The van der Waals surface area contributed by atoms with Crippen molar-refractivity contribution in [2.75, 3.05) is 0 Å². The zero-order valence-electron chi connectivity index (χ0n) is 13.5. The molecule has 2 heteroatoms. The van der Waals surface area contributed by atoms with Gasteiger partial charge in [-0.3, -0.25) is 4.79 Å². The Bertz CT molecular complexity index is 747. The molecule has 0 fully saturated rings. The number of aryl methyl sites for hydroxylation is 2. The number of ether oxygens (including phenoxy) is 1. The molecule has 2 aromatic carbocycles. The fourth-order valence-electron chi connectivity index (χ4n) is 4.02. The molecule has 118 valence electrons. The highest BCUT2D eigenvalue weighted by Gasteiger charge is 2.35. The lowest BCUT2D eigenvalue weighted by Gasteiger charge is -2.35. The van der Waals surface area contributed by atoms with Crippen molar-refractivity contribution >= 4 is 5.78 Å². The van der Waals surface area contributed by atoms with E-state index in [1.807, 2.05) is 12.1 Å². The van der Waals surface area contributed by atoms with Gasteiger partial charge in [-0.1, -0.05) is 37.3 Å². The molecule has 2 atom stereocenters. The summed E-state index contributed by atoms with van der Waals surface area (Å²) in [5.41, 5.74) is 4.77. The van der Waals surface area contributed by atoms with E-state index in [0.29, 0.717) is 12.3 Å². The Labute approximate surface area is 137 Å². The lowest BCUT2D eigenvalue weighted by molar-refractivity contribution is 0.0794. The summed E-state index contributed by atoms with van der Waals surface area (Å²) in [5.74, 6) is 1.34.